The van der Waals surface area contributed by atoms with Gasteiger partial charge < -0.3 is 0 Å². The van der Waals surface area contributed by atoms with Gasteiger partial charge in [0.25, 0.3) is 0 Å². The van der Waals surface area contributed by atoms with Crippen molar-refractivity contribution >= 4 is 27.3 Å². The fourth-order valence-corrected chi connectivity index (χ4v) is 5.30. The predicted octanol–water partition coefficient (Wildman–Crippen LogP) is 6.80. The SMILES string of the molecule is c1ccc2c(c1)-c1ccccc1C2c1cnc2c3ccccc3c3ccccc3n12. The van der Waals surface area contributed by atoms with E-state index in [-0.39, 0.29) is 5.92 Å². The number of aromatic nitrogens is 2. The number of rotatable bonds is 1. The number of fused-ring (bicyclic) bond motifs is 9. The normalized spacial score (nSPS) is 13.2. The lowest BCUT2D eigenvalue weighted by Gasteiger charge is -2.16. The van der Waals surface area contributed by atoms with Gasteiger partial charge in [0.15, 0.2) is 0 Å². The topological polar surface area (TPSA) is 17.3 Å². The third-order valence-electron chi connectivity index (χ3n) is 6.52. The summed E-state index contributed by atoms with van der Waals surface area (Å²) in [4.78, 5) is 4.95. The van der Waals surface area contributed by atoms with Crippen molar-refractivity contribution in [3.05, 3.63) is 120 Å². The number of imidazole rings is 1. The van der Waals surface area contributed by atoms with Gasteiger partial charge in [-0.15, -0.1) is 0 Å². The van der Waals surface area contributed by atoms with Crippen LogP contribution >= 0.6 is 0 Å². The minimum atomic E-state index is 0.178. The molecule has 0 atom stereocenters. The fourth-order valence-electron chi connectivity index (χ4n) is 5.30. The van der Waals surface area contributed by atoms with E-state index >= 15 is 0 Å². The molecule has 6 aromatic rings. The zero-order valence-corrected chi connectivity index (χ0v) is 16.3. The van der Waals surface area contributed by atoms with E-state index < -0.39 is 0 Å². The van der Waals surface area contributed by atoms with Crippen LogP contribution in [0.2, 0.25) is 0 Å². The largest absolute Gasteiger partial charge is 0.295 e. The third kappa shape index (κ3) is 1.95. The van der Waals surface area contributed by atoms with E-state index in [9.17, 15) is 0 Å². The van der Waals surface area contributed by atoms with Crippen molar-refractivity contribution < 1.29 is 0 Å². The third-order valence-corrected chi connectivity index (χ3v) is 6.52. The van der Waals surface area contributed by atoms with Crippen molar-refractivity contribution in [2.75, 3.05) is 0 Å². The molecule has 0 spiro atoms. The number of nitrogens with zero attached hydrogens (tertiary/aromatic N) is 2. The second-order valence-corrected chi connectivity index (χ2v) is 8.01. The van der Waals surface area contributed by atoms with Gasteiger partial charge in [0, 0.05) is 10.8 Å². The molecule has 0 saturated heterocycles. The maximum Gasteiger partial charge on any atom is 0.145 e. The monoisotopic (exact) mass is 382 g/mol. The van der Waals surface area contributed by atoms with Crippen LogP contribution in [0.5, 0.6) is 0 Å². The van der Waals surface area contributed by atoms with Crippen LogP contribution in [0.3, 0.4) is 0 Å². The predicted molar refractivity (Wildman–Crippen MR) is 123 cm³/mol. The smallest absolute Gasteiger partial charge is 0.145 e. The highest BCUT2D eigenvalue weighted by molar-refractivity contribution is 6.11. The van der Waals surface area contributed by atoms with E-state index in [2.05, 4.69) is 108 Å². The Balaban J connectivity index is 1.65. The quantitative estimate of drug-likeness (QED) is 0.285. The minimum absolute atomic E-state index is 0.178. The molecule has 4 aromatic carbocycles. The summed E-state index contributed by atoms with van der Waals surface area (Å²) in [5.41, 5.74) is 8.85. The van der Waals surface area contributed by atoms with Gasteiger partial charge in [-0.1, -0.05) is 91.0 Å². The van der Waals surface area contributed by atoms with Crippen LogP contribution in [-0.2, 0) is 0 Å². The highest BCUT2D eigenvalue weighted by Crippen LogP contribution is 2.48. The van der Waals surface area contributed by atoms with Crippen LogP contribution < -0.4 is 0 Å². The van der Waals surface area contributed by atoms with E-state index in [0.717, 1.165) is 5.65 Å². The summed E-state index contributed by atoms with van der Waals surface area (Å²) in [6.07, 6.45) is 2.08. The molecule has 30 heavy (non-hydrogen) atoms. The van der Waals surface area contributed by atoms with E-state index in [1.807, 2.05) is 0 Å². The molecule has 2 heterocycles. The molecule has 0 N–H and O–H groups in total. The molecule has 1 aliphatic rings. The summed E-state index contributed by atoms with van der Waals surface area (Å²) in [6.45, 7) is 0. The molecular weight excluding hydrogens is 364 g/mol. The van der Waals surface area contributed by atoms with Crippen LogP contribution in [0.25, 0.3) is 38.4 Å². The summed E-state index contributed by atoms with van der Waals surface area (Å²) in [6, 6.07) is 34.9. The first kappa shape index (κ1) is 15.9. The molecule has 0 radical (unpaired) electrons. The molecule has 0 unspecified atom stereocenters. The van der Waals surface area contributed by atoms with Gasteiger partial charge in [-0.3, -0.25) is 4.40 Å². The lowest BCUT2D eigenvalue weighted by molar-refractivity contribution is 0.938. The van der Waals surface area contributed by atoms with E-state index in [4.69, 9.17) is 4.98 Å². The molecule has 2 heteroatoms. The van der Waals surface area contributed by atoms with E-state index in [1.54, 1.807) is 0 Å². The van der Waals surface area contributed by atoms with E-state index in [0.29, 0.717) is 0 Å². The molecule has 7 rings (SSSR count). The molecule has 140 valence electrons. The molecule has 1 aliphatic carbocycles. The summed E-state index contributed by atoms with van der Waals surface area (Å²) in [7, 11) is 0. The molecule has 0 aliphatic heterocycles. The van der Waals surface area contributed by atoms with Crippen molar-refractivity contribution in [2.24, 2.45) is 0 Å². The Labute approximate surface area is 174 Å². The molecular formula is C28H18N2. The Kier molecular flexibility index (Phi) is 3.09. The Bertz CT molecular complexity index is 1560. The van der Waals surface area contributed by atoms with Crippen LogP contribution in [0.15, 0.2) is 103 Å². The summed E-state index contributed by atoms with van der Waals surface area (Å²) < 4.78 is 2.38. The van der Waals surface area contributed by atoms with Gasteiger partial charge in [0.1, 0.15) is 5.65 Å². The van der Waals surface area contributed by atoms with Gasteiger partial charge in [-0.05, 0) is 33.7 Å². The lowest BCUT2D eigenvalue weighted by atomic mass is 9.93. The number of hydrogen-bond acceptors (Lipinski definition) is 1. The molecule has 0 amide bonds. The summed E-state index contributed by atoms with van der Waals surface area (Å²) in [5, 5.41) is 3.71. The van der Waals surface area contributed by atoms with Gasteiger partial charge >= 0.3 is 0 Å². The number of para-hydroxylation sites is 1. The molecule has 0 fully saturated rings. The molecule has 2 nitrogen and oxygen atoms in total. The summed E-state index contributed by atoms with van der Waals surface area (Å²) in [5.74, 6) is 0.178. The maximum absolute atomic E-state index is 4.95. The van der Waals surface area contributed by atoms with Gasteiger partial charge in [-0.2, -0.15) is 0 Å². The van der Waals surface area contributed by atoms with Gasteiger partial charge in [0.2, 0.25) is 0 Å². The lowest BCUT2D eigenvalue weighted by Crippen LogP contribution is -2.04. The van der Waals surface area contributed by atoms with Gasteiger partial charge in [0.05, 0.1) is 23.3 Å². The number of hydrogen-bond donors (Lipinski definition) is 0. The zero-order valence-electron chi connectivity index (χ0n) is 16.3. The van der Waals surface area contributed by atoms with Crippen LogP contribution in [0.1, 0.15) is 22.7 Å². The van der Waals surface area contributed by atoms with Crippen molar-refractivity contribution in [2.45, 2.75) is 5.92 Å². The first-order chi connectivity index (χ1) is 14.9. The Morgan fingerprint density at radius 3 is 1.87 bits per heavy atom. The molecule has 0 bridgehead atoms. The first-order valence-corrected chi connectivity index (χ1v) is 10.4. The highest BCUT2D eigenvalue weighted by atomic mass is 15.0. The average molecular weight is 382 g/mol. The standard InChI is InChI=1S/C28H18N2/c1-4-13-22-18(9-1)19-10-2-5-14-23(19)27(22)26-17-29-28-24-15-6-3-11-20(24)21-12-7-8-16-25(21)30(26)28/h1-17,27H. The fraction of sp³-hybridized carbons (Fsp3) is 0.0357. The second-order valence-electron chi connectivity index (χ2n) is 8.01. The number of benzene rings is 4. The average Bonchev–Trinajstić information content (AvgIpc) is 3.39. The number of pyridine rings is 1. The van der Waals surface area contributed by atoms with Crippen molar-refractivity contribution in [3.8, 4) is 11.1 Å². The first-order valence-electron chi connectivity index (χ1n) is 10.4. The second kappa shape index (κ2) is 5.80. The van der Waals surface area contributed by atoms with Crippen LogP contribution in [-0.4, -0.2) is 9.38 Å². The molecule has 0 saturated carbocycles. The van der Waals surface area contributed by atoms with Crippen molar-refractivity contribution in [3.63, 3.8) is 0 Å². The Morgan fingerprint density at radius 1 is 0.567 bits per heavy atom. The van der Waals surface area contributed by atoms with Gasteiger partial charge in [-0.25, -0.2) is 4.98 Å². The molecule has 2 aromatic heterocycles. The maximum atomic E-state index is 4.95. The van der Waals surface area contributed by atoms with Crippen molar-refractivity contribution in [1.82, 2.24) is 9.38 Å². The van der Waals surface area contributed by atoms with E-state index in [1.165, 1.54) is 49.6 Å². The van der Waals surface area contributed by atoms with Crippen LogP contribution in [0.4, 0.5) is 0 Å². The Hall–Kier alpha value is -3.91. The van der Waals surface area contributed by atoms with Crippen molar-refractivity contribution in [1.29, 1.82) is 0 Å². The zero-order chi connectivity index (χ0) is 19.7. The summed E-state index contributed by atoms with van der Waals surface area (Å²) >= 11 is 0. The highest BCUT2D eigenvalue weighted by Gasteiger charge is 2.32. The minimum Gasteiger partial charge on any atom is -0.295 e. The Morgan fingerprint density at radius 2 is 1.13 bits per heavy atom. The van der Waals surface area contributed by atoms with Crippen LogP contribution in [0, 0.1) is 0 Å².